The quantitative estimate of drug-likeness (QED) is 0.418. The molecule has 0 saturated carbocycles. The van der Waals surface area contributed by atoms with Crippen molar-refractivity contribution in [2.45, 2.75) is 25.8 Å². The Kier molecular flexibility index (Phi) is 4.21. The molecule has 1 aromatic carbocycles. The summed E-state index contributed by atoms with van der Waals surface area (Å²) in [4.78, 5) is 2.76. The Morgan fingerprint density at radius 2 is 2.13 bits per heavy atom. The molecule has 0 N–H and O–H groups in total. The third kappa shape index (κ3) is 3.72. The van der Waals surface area contributed by atoms with E-state index in [0.29, 0.717) is 5.56 Å². The molecule has 0 bridgehead atoms. The van der Waals surface area contributed by atoms with E-state index >= 15 is 0 Å². The van der Waals surface area contributed by atoms with Gasteiger partial charge in [-0.15, -0.1) is 0 Å². The minimum atomic E-state index is 0.0191. The number of hydrogen-bond acceptors (Lipinski definition) is 2. The maximum atomic E-state index is 8.61. The molecule has 0 radical (unpaired) electrons. The molecule has 0 spiro atoms. The second-order valence-corrected chi connectivity index (χ2v) is 3.40. The molecule has 76 valence electrons. The lowest BCUT2D eigenvalue weighted by molar-refractivity contribution is 0.662. The first-order valence-electron chi connectivity index (χ1n) is 4.79. The van der Waals surface area contributed by atoms with Crippen molar-refractivity contribution < 1.29 is 0 Å². The Balaban J connectivity index is 2.51. The van der Waals surface area contributed by atoms with Crippen LogP contribution in [0.5, 0.6) is 0 Å². The van der Waals surface area contributed by atoms with Crippen LogP contribution in [0.15, 0.2) is 29.4 Å². The van der Waals surface area contributed by atoms with Gasteiger partial charge in [0, 0.05) is 11.0 Å². The fourth-order valence-electron chi connectivity index (χ4n) is 1.27. The average molecular weight is 200 g/mol. The predicted octanol–water partition coefficient (Wildman–Crippen LogP) is 3.19. The van der Waals surface area contributed by atoms with Crippen LogP contribution in [0.4, 0.5) is 0 Å². The summed E-state index contributed by atoms with van der Waals surface area (Å²) in [6.45, 7) is 1.89. The predicted molar refractivity (Wildman–Crippen MR) is 58.1 cm³/mol. The van der Waals surface area contributed by atoms with Crippen LogP contribution in [0.1, 0.15) is 24.5 Å². The van der Waals surface area contributed by atoms with Gasteiger partial charge < -0.3 is 0 Å². The molecule has 0 aliphatic carbocycles. The van der Waals surface area contributed by atoms with E-state index in [9.17, 15) is 0 Å². The zero-order valence-electron chi connectivity index (χ0n) is 8.59. The van der Waals surface area contributed by atoms with E-state index in [1.165, 1.54) is 0 Å². The van der Waals surface area contributed by atoms with Crippen molar-refractivity contribution in [3.63, 3.8) is 0 Å². The molecule has 4 nitrogen and oxygen atoms in total. The molecule has 4 heteroatoms. The zero-order valence-corrected chi connectivity index (χ0v) is 8.59. The lowest BCUT2D eigenvalue weighted by Gasteiger charge is -2.04. The summed E-state index contributed by atoms with van der Waals surface area (Å²) in [5.74, 6) is 0. The van der Waals surface area contributed by atoms with Crippen LogP contribution >= 0.6 is 0 Å². The van der Waals surface area contributed by atoms with Gasteiger partial charge in [0.1, 0.15) is 0 Å². The molecule has 0 heterocycles. The normalized spacial score (nSPS) is 11.2. The minimum Gasteiger partial charge on any atom is -0.192 e. The van der Waals surface area contributed by atoms with Gasteiger partial charge in [0.25, 0.3) is 0 Å². The van der Waals surface area contributed by atoms with E-state index in [2.05, 4.69) is 16.1 Å². The molecule has 15 heavy (non-hydrogen) atoms. The first-order chi connectivity index (χ1) is 7.26. The fourth-order valence-corrected chi connectivity index (χ4v) is 1.27. The highest BCUT2D eigenvalue weighted by Gasteiger charge is 1.99. The first kappa shape index (κ1) is 11.1. The SMILES string of the molecule is CC(CCc1ccc(C#N)cc1)N=[N+]=[N-]. The van der Waals surface area contributed by atoms with Gasteiger partial charge in [-0.25, -0.2) is 0 Å². The van der Waals surface area contributed by atoms with Crippen LogP contribution < -0.4 is 0 Å². The largest absolute Gasteiger partial charge is 0.192 e. The van der Waals surface area contributed by atoms with Crippen LogP contribution in [-0.2, 0) is 6.42 Å². The molecule has 0 aliphatic heterocycles. The molecule has 1 unspecified atom stereocenters. The van der Waals surface area contributed by atoms with Crippen LogP contribution in [0.25, 0.3) is 10.4 Å². The first-order valence-corrected chi connectivity index (χ1v) is 4.79. The molecule has 1 rings (SSSR count). The Morgan fingerprint density at radius 1 is 1.47 bits per heavy atom. The third-order valence-corrected chi connectivity index (χ3v) is 2.18. The van der Waals surface area contributed by atoms with E-state index in [4.69, 9.17) is 10.8 Å². The molecule has 0 fully saturated rings. The van der Waals surface area contributed by atoms with Gasteiger partial charge in [0.15, 0.2) is 0 Å². The van der Waals surface area contributed by atoms with Crippen LogP contribution in [0.3, 0.4) is 0 Å². The molecular formula is C11H12N4. The number of nitrogens with zero attached hydrogens (tertiary/aromatic N) is 4. The molecule has 0 saturated heterocycles. The van der Waals surface area contributed by atoms with E-state index in [1.807, 2.05) is 19.1 Å². The molecule has 1 atom stereocenters. The Morgan fingerprint density at radius 3 is 2.67 bits per heavy atom. The van der Waals surface area contributed by atoms with Gasteiger partial charge >= 0.3 is 0 Å². The molecular weight excluding hydrogens is 188 g/mol. The summed E-state index contributed by atoms with van der Waals surface area (Å²) in [5.41, 5.74) is 10.1. The standard InChI is InChI=1S/C11H12N4/c1-9(14-15-13)2-3-10-4-6-11(8-12)7-5-10/h4-7,9H,2-3H2,1H3. The monoisotopic (exact) mass is 200 g/mol. The van der Waals surface area contributed by atoms with Crippen molar-refractivity contribution >= 4 is 0 Å². The number of nitriles is 1. The Bertz CT molecular complexity index is 396. The van der Waals surface area contributed by atoms with Crippen molar-refractivity contribution in [2.24, 2.45) is 5.11 Å². The summed E-state index contributed by atoms with van der Waals surface area (Å²) < 4.78 is 0. The molecule has 0 amide bonds. The summed E-state index contributed by atoms with van der Waals surface area (Å²) in [7, 11) is 0. The Labute approximate surface area is 88.8 Å². The highest BCUT2D eigenvalue weighted by Crippen LogP contribution is 2.08. The zero-order chi connectivity index (χ0) is 11.1. The summed E-state index contributed by atoms with van der Waals surface area (Å²) in [5, 5.41) is 12.2. The van der Waals surface area contributed by atoms with Crippen molar-refractivity contribution in [1.82, 2.24) is 0 Å². The van der Waals surface area contributed by atoms with Gasteiger partial charge in [-0.3, -0.25) is 0 Å². The lowest BCUT2D eigenvalue weighted by atomic mass is 10.1. The second kappa shape index (κ2) is 5.69. The van der Waals surface area contributed by atoms with Gasteiger partial charge in [-0.05, 0) is 36.1 Å². The fraction of sp³-hybridized carbons (Fsp3) is 0.364. The minimum absolute atomic E-state index is 0.0191. The maximum Gasteiger partial charge on any atom is 0.0991 e. The highest BCUT2D eigenvalue weighted by atomic mass is 15.1. The smallest absolute Gasteiger partial charge is 0.0991 e. The highest BCUT2D eigenvalue weighted by molar-refractivity contribution is 5.31. The van der Waals surface area contributed by atoms with E-state index < -0.39 is 0 Å². The topological polar surface area (TPSA) is 72.5 Å². The van der Waals surface area contributed by atoms with Gasteiger partial charge in [-0.2, -0.15) is 5.26 Å². The van der Waals surface area contributed by atoms with Gasteiger partial charge in [0.05, 0.1) is 11.6 Å². The third-order valence-electron chi connectivity index (χ3n) is 2.18. The van der Waals surface area contributed by atoms with Crippen LogP contribution in [0, 0.1) is 11.3 Å². The van der Waals surface area contributed by atoms with Crippen molar-refractivity contribution in [1.29, 1.82) is 5.26 Å². The Hall–Kier alpha value is -1.98. The summed E-state index contributed by atoms with van der Waals surface area (Å²) >= 11 is 0. The van der Waals surface area contributed by atoms with E-state index in [0.717, 1.165) is 18.4 Å². The van der Waals surface area contributed by atoms with E-state index in [-0.39, 0.29) is 6.04 Å². The molecule has 0 aromatic heterocycles. The number of benzene rings is 1. The van der Waals surface area contributed by atoms with Crippen molar-refractivity contribution in [2.75, 3.05) is 0 Å². The average Bonchev–Trinajstić information content (AvgIpc) is 2.27. The number of azide groups is 1. The summed E-state index contributed by atoms with van der Waals surface area (Å²) in [6, 6.07) is 9.55. The summed E-state index contributed by atoms with van der Waals surface area (Å²) in [6.07, 6.45) is 1.70. The van der Waals surface area contributed by atoms with E-state index in [1.54, 1.807) is 12.1 Å². The lowest BCUT2D eigenvalue weighted by Crippen LogP contribution is -1.98. The second-order valence-electron chi connectivity index (χ2n) is 3.40. The van der Waals surface area contributed by atoms with Gasteiger partial charge in [-0.1, -0.05) is 24.2 Å². The van der Waals surface area contributed by atoms with Crippen LogP contribution in [0.2, 0.25) is 0 Å². The van der Waals surface area contributed by atoms with Gasteiger partial charge in [0.2, 0.25) is 0 Å². The number of rotatable bonds is 4. The number of hydrogen-bond donors (Lipinski definition) is 0. The maximum absolute atomic E-state index is 8.61. The molecule has 0 aliphatic rings. The van der Waals surface area contributed by atoms with Crippen molar-refractivity contribution in [3.05, 3.63) is 45.8 Å². The van der Waals surface area contributed by atoms with Crippen LogP contribution in [-0.4, -0.2) is 6.04 Å². The van der Waals surface area contributed by atoms with Crippen molar-refractivity contribution in [3.8, 4) is 6.07 Å². The number of aryl methyl sites for hydroxylation is 1. The molecule has 1 aromatic rings.